The summed E-state index contributed by atoms with van der Waals surface area (Å²) >= 11 is 0. The topological polar surface area (TPSA) is 118 Å². The van der Waals surface area contributed by atoms with Crippen LogP contribution in [0.1, 0.15) is 44.3 Å². The van der Waals surface area contributed by atoms with Crippen molar-refractivity contribution in [2.24, 2.45) is 0 Å². The van der Waals surface area contributed by atoms with Crippen LogP contribution in [0.25, 0.3) is 10.9 Å². The number of nitrogens with zero attached hydrogens (tertiary/aromatic N) is 3. The number of hydrogen-bond donors (Lipinski definition) is 1. The van der Waals surface area contributed by atoms with Gasteiger partial charge in [-0.1, -0.05) is 0 Å². The molecule has 0 bridgehead atoms. The molecule has 35 heavy (non-hydrogen) atoms. The second kappa shape index (κ2) is 8.56. The number of carboxylic acid groups (broad SMARTS) is 1. The number of pyridine rings is 1. The average Bonchev–Trinajstić information content (AvgIpc) is 3.57. The molecule has 0 radical (unpaired) electrons. The van der Waals surface area contributed by atoms with Crippen molar-refractivity contribution in [3.8, 4) is 5.75 Å². The van der Waals surface area contributed by atoms with Crippen molar-refractivity contribution in [2.45, 2.75) is 58.3 Å². The van der Waals surface area contributed by atoms with Gasteiger partial charge in [0.25, 0.3) is 0 Å². The molecule has 1 saturated carbocycles. The molecular weight excluding hydrogens is 461 g/mol. The van der Waals surface area contributed by atoms with Crippen LogP contribution in [0.2, 0.25) is 0 Å². The van der Waals surface area contributed by atoms with E-state index in [0.717, 1.165) is 12.8 Å². The van der Waals surface area contributed by atoms with Gasteiger partial charge in [0.05, 0.1) is 29.3 Å². The van der Waals surface area contributed by atoms with Crippen LogP contribution in [0, 0.1) is 12.7 Å². The summed E-state index contributed by atoms with van der Waals surface area (Å²) in [7, 11) is 0. The molecule has 1 saturated heterocycles. The van der Waals surface area contributed by atoms with Gasteiger partial charge in [0, 0.05) is 31.2 Å². The lowest BCUT2D eigenvalue weighted by atomic mass is 10.1. The molecule has 11 heteroatoms. The number of hydrogen-bond acceptors (Lipinski definition) is 8. The molecule has 2 atom stereocenters. The van der Waals surface area contributed by atoms with Crippen LogP contribution in [0.15, 0.2) is 36.8 Å². The van der Waals surface area contributed by atoms with E-state index >= 15 is 4.39 Å². The molecule has 0 spiro atoms. The van der Waals surface area contributed by atoms with Crippen molar-refractivity contribution in [3.63, 3.8) is 0 Å². The summed E-state index contributed by atoms with van der Waals surface area (Å²) in [5, 5.41) is 9.06. The van der Waals surface area contributed by atoms with E-state index in [-0.39, 0.29) is 29.3 Å². The first-order valence-corrected chi connectivity index (χ1v) is 11.5. The van der Waals surface area contributed by atoms with Crippen LogP contribution in [-0.4, -0.2) is 45.9 Å². The number of anilines is 1. The molecular formula is C24H26FN3O7. The third-order valence-corrected chi connectivity index (χ3v) is 6.81. The first kappa shape index (κ1) is 23.2. The molecule has 2 fully saturated rings. The minimum atomic E-state index is -1.59. The lowest BCUT2D eigenvalue weighted by Crippen LogP contribution is -2.56. The van der Waals surface area contributed by atoms with E-state index in [4.69, 9.17) is 13.9 Å². The zero-order chi connectivity index (χ0) is 25.0. The zero-order valence-electron chi connectivity index (χ0n) is 19.6. The third kappa shape index (κ3) is 4.31. The highest BCUT2D eigenvalue weighted by Gasteiger charge is 2.33. The van der Waals surface area contributed by atoms with E-state index in [1.54, 1.807) is 13.0 Å². The van der Waals surface area contributed by atoms with Gasteiger partial charge >= 0.3 is 12.0 Å². The van der Waals surface area contributed by atoms with Crippen LogP contribution < -0.4 is 20.9 Å². The Kier molecular flexibility index (Phi) is 5.66. The van der Waals surface area contributed by atoms with Gasteiger partial charge in [-0.3, -0.25) is 9.69 Å². The number of benzene rings is 1. The van der Waals surface area contributed by atoms with Gasteiger partial charge < -0.3 is 28.1 Å². The van der Waals surface area contributed by atoms with Gasteiger partial charge in [0.1, 0.15) is 11.6 Å². The summed E-state index contributed by atoms with van der Waals surface area (Å²) < 4.78 is 32.0. The Bertz CT molecular complexity index is 1410. The van der Waals surface area contributed by atoms with E-state index in [1.807, 2.05) is 23.3 Å². The highest BCUT2D eigenvalue weighted by atomic mass is 19.1. The third-order valence-electron chi connectivity index (χ3n) is 6.81. The van der Waals surface area contributed by atoms with Gasteiger partial charge in [-0.15, -0.1) is 0 Å². The SMILES string of the molecule is Cc1oc(=O)oc1CN1C(C)CN(c2cc3c(cc2F)c(=O)c(OC(=O)O)cn3C2CC2)CC1C. The minimum Gasteiger partial charge on any atom is -0.449 e. The average molecular weight is 487 g/mol. The number of rotatable bonds is 5. The maximum absolute atomic E-state index is 15.4. The maximum atomic E-state index is 15.4. The predicted octanol–water partition coefficient (Wildman–Crippen LogP) is 3.49. The van der Waals surface area contributed by atoms with E-state index in [1.165, 1.54) is 12.3 Å². The van der Waals surface area contributed by atoms with Crippen LogP contribution in [-0.2, 0) is 6.54 Å². The number of fused-ring (bicyclic) bond motifs is 1. The predicted molar refractivity (Wildman–Crippen MR) is 124 cm³/mol. The normalized spacial score (nSPS) is 21.0. The Balaban J connectivity index is 1.48. The molecule has 1 aliphatic carbocycles. The van der Waals surface area contributed by atoms with Gasteiger partial charge in [-0.25, -0.2) is 14.0 Å². The van der Waals surface area contributed by atoms with Gasteiger partial charge in [-0.05, 0) is 45.7 Å². The van der Waals surface area contributed by atoms with E-state index in [2.05, 4.69) is 9.64 Å². The molecule has 0 amide bonds. The van der Waals surface area contributed by atoms with E-state index in [0.29, 0.717) is 42.4 Å². The van der Waals surface area contributed by atoms with Gasteiger partial charge in [0.15, 0.2) is 11.5 Å². The Labute approximate surface area is 199 Å². The first-order valence-electron chi connectivity index (χ1n) is 11.5. The lowest BCUT2D eigenvalue weighted by molar-refractivity contribution is 0.112. The summed E-state index contributed by atoms with van der Waals surface area (Å²) in [6, 6.07) is 2.96. The van der Waals surface area contributed by atoms with Gasteiger partial charge in [0.2, 0.25) is 5.43 Å². The standard InChI is InChI=1S/C24H26FN3O7/c1-12-8-26(9-13(2)27(12)10-20-14(3)33-24(32)35-20)19-7-18-16(6-17(19)25)22(29)21(34-23(30)31)11-28(18)15-4-5-15/h6-7,11-13,15H,4-5,8-10H2,1-3H3,(H,30,31). The van der Waals surface area contributed by atoms with Crippen LogP contribution in [0.3, 0.4) is 0 Å². The summed E-state index contributed by atoms with van der Waals surface area (Å²) in [6.07, 6.45) is 1.58. The van der Waals surface area contributed by atoms with Crippen molar-refractivity contribution in [3.05, 3.63) is 56.5 Å². The van der Waals surface area contributed by atoms with Crippen molar-refractivity contribution in [2.75, 3.05) is 18.0 Å². The van der Waals surface area contributed by atoms with Crippen LogP contribution in [0.4, 0.5) is 14.9 Å². The van der Waals surface area contributed by atoms with Crippen molar-refractivity contribution < 1.29 is 27.9 Å². The summed E-state index contributed by atoms with van der Waals surface area (Å²) in [6.45, 7) is 7.16. The van der Waals surface area contributed by atoms with Gasteiger partial charge in [-0.2, -0.15) is 0 Å². The summed E-state index contributed by atoms with van der Waals surface area (Å²) in [5.74, 6) is -0.697. The Morgan fingerprint density at radius 1 is 1.17 bits per heavy atom. The van der Waals surface area contributed by atoms with Crippen molar-refractivity contribution in [1.82, 2.24) is 9.47 Å². The highest BCUT2D eigenvalue weighted by Crippen LogP contribution is 2.39. The molecule has 10 nitrogen and oxygen atoms in total. The van der Waals surface area contributed by atoms with Crippen molar-refractivity contribution >= 4 is 22.7 Å². The fourth-order valence-electron chi connectivity index (χ4n) is 4.95. The monoisotopic (exact) mass is 487 g/mol. The fraction of sp³-hybridized carbons (Fsp3) is 0.458. The van der Waals surface area contributed by atoms with E-state index < -0.39 is 23.2 Å². The summed E-state index contributed by atoms with van der Waals surface area (Å²) in [4.78, 5) is 39.4. The number of ether oxygens (including phenoxy) is 1. The molecule has 3 heterocycles. The maximum Gasteiger partial charge on any atom is 0.519 e. The molecule has 2 aliphatic rings. The minimum absolute atomic E-state index is 0.00502. The second-order valence-corrected chi connectivity index (χ2v) is 9.36. The lowest BCUT2D eigenvalue weighted by Gasteiger charge is -2.45. The largest absolute Gasteiger partial charge is 0.519 e. The Morgan fingerprint density at radius 2 is 1.86 bits per heavy atom. The molecule has 1 aliphatic heterocycles. The second-order valence-electron chi connectivity index (χ2n) is 9.36. The molecule has 186 valence electrons. The van der Waals surface area contributed by atoms with Crippen LogP contribution >= 0.6 is 0 Å². The Hall–Kier alpha value is -3.60. The smallest absolute Gasteiger partial charge is 0.449 e. The molecule has 2 unspecified atom stereocenters. The zero-order valence-corrected chi connectivity index (χ0v) is 19.6. The first-order chi connectivity index (χ1) is 16.6. The number of carbonyl (C=O) groups is 1. The number of aromatic nitrogens is 1. The summed E-state index contributed by atoms with van der Waals surface area (Å²) in [5.41, 5.74) is 0.265. The molecule has 5 rings (SSSR count). The molecule has 3 aromatic rings. The number of aryl methyl sites for hydroxylation is 1. The highest BCUT2D eigenvalue weighted by molar-refractivity contribution is 5.85. The molecule has 1 N–H and O–H groups in total. The van der Waals surface area contributed by atoms with Crippen molar-refractivity contribution in [1.29, 1.82) is 0 Å². The quantitative estimate of drug-likeness (QED) is 0.540. The molecule has 2 aromatic heterocycles. The fourth-order valence-corrected chi connectivity index (χ4v) is 4.95. The van der Waals surface area contributed by atoms with Crippen LogP contribution in [0.5, 0.6) is 5.75 Å². The number of halogens is 1. The molecule has 1 aromatic carbocycles. The van der Waals surface area contributed by atoms with E-state index in [9.17, 15) is 14.4 Å². The number of piperazine rings is 1. The Morgan fingerprint density at radius 3 is 2.43 bits per heavy atom.